The van der Waals surface area contributed by atoms with Gasteiger partial charge in [-0.1, -0.05) is 32.4 Å². The number of rotatable bonds is 2. The second kappa shape index (κ2) is 5.20. The lowest BCUT2D eigenvalue weighted by Crippen LogP contribution is -2.19. The summed E-state index contributed by atoms with van der Waals surface area (Å²) in [7, 11) is 1.70. The van der Waals surface area contributed by atoms with Crippen LogP contribution < -0.4 is 5.32 Å². The lowest BCUT2D eigenvalue weighted by Gasteiger charge is -2.18. The van der Waals surface area contributed by atoms with Gasteiger partial charge in [0, 0.05) is 23.7 Å². The highest BCUT2D eigenvalue weighted by Crippen LogP contribution is 2.23. The Bertz CT molecular complexity index is 644. The zero-order valence-electron chi connectivity index (χ0n) is 11.8. The average Bonchev–Trinajstić information content (AvgIpc) is 2.73. The SMILES string of the molecule is Cn1ncnc1NC(=O)c1cc(Cl)nc(C(C)(C)C)c1. The number of aromatic nitrogens is 4. The van der Waals surface area contributed by atoms with Crippen LogP contribution in [0.3, 0.4) is 0 Å². The molecular formula is C13H16ClN5O. The lowest BCUT2D eigenvalue weighted by atomic mass is 9.91. The topological polar surface area (TPSA) is 72.7 Å². The smallest absolute Gasteiger partial charge is 0.258 e. The van der Waals surface area contributed by atoms with Gasteiger partial charge in [0.2, 0.25) is 5.95 Å². The van der Waals surface area contributed by atoms with Gasteiger partial charge in [0.05, 0.1) is 0 Å². The Morgan fingerprint density at radius 2 is 2.05 bits per heavy atom. The zero-order valence-corrected chi connectivity index (χ0v) is 12.6. The quantitative estimate of drug-likeness (QED) is 0.863. The van der Waals surface area contributed by atoms with Crippen molar-refractivity contribution < 1.29 is 4.79 Å². The molecule has 0 saturated carbocycles. The van der Waals surface area contributed by atoms with Gasteiger partial charge < -0.3 is 0 Å². The van der Waals surface area contributed by atoms with E-state index in [0.717, 1.165) is 5.69 Å². The number of anilines is 1. The Kier molecular flexibility index (Phi) is 3.76. The van der Waals surface area contributed by atoms with Crippen molar-refractivity contribution in [1.29, 1.82) is 0 Å². The van der Waals surface area contributed by atoms with E-state index < -0.39 is 0 Å². The van der Waals surface area contributed by atoms with Gasteiger partial charge in [0.15, 0.2) is 0 Å². The van der Waals surface area contributed by atoms with Crippen LogP contribution in [0.25, 0.3) is 0 Å². The third kappa shape index (κ3) is 3.14. The van der Waals surface area contributed by atoms with E-state index in [9.17, 15) is 4.79 Å². The molecule has 2 aromatic heterocycles. The van der Waals surface area contributed by atoms with Crippen molar-refractivity contribution in [3.63, 3.8) is 0 Å². The van der Waals surface area contributed by atoms with Gasteiger partial charge in [0.25, 0.3) is 5.91 Å². The van der Waals surface area contributed by atoms with Gasteiger partial charge in [-0.25, -0.2) is 9.67 Å². The van der Waals surface area contributed by atoms with Gasteiger partial charge >= 0.3 is 0 Å². The molecule has 0 saturated heterocycles. The lowest BCUT2D eigenvalue weighted by molar-refractivity contribution is 0.102. The molecule has 0 atom stereocenters. The summed E-state index contributed by atoms with van der Waals surface area (Å²) in [5.41, 5.74) is 1.01. The summed E-state index contributed by atoms with van der Waals surface area (Å²) >= 11 is 5.99. The van der Waals surface area contributed by atoms with E-state index >= 15 is 0 Å². The van der Waals surface area contributed by atoms with E-state index in [1.54, 1.807) is 13.1 Å². The van der Waals surface area contributed by atoms with Gasteiger partial charge in [-0.15, -0.1) is 0 Å². The summed E-state index contributed by atoms with van der Waals surface area (Å²) in [5, 5.41) is 6.86. The minimum atomic E-state index is -0.295. The van der Waals surface area contributed by atoms with E-state index in [1.807, 2.05) is 20.8 Å². The van der Waals surface area contributed by atoms with Crippen molar-refractivity contribution in [2.75, 3.05) is 5.32 Å². The number of carbonyl (C=O) groups excluding carboxylic acids is 1. The normalized spacial score (nSPS) is 11.4. The fourth-order valence-corrected chi connectivity index (χ4v) is 1.80. The molecule has 0 aliphatic carbocycles. The first kappa shape index (κ1) is 14.5. The molecule has 0 bridgehead atoms. The fraction of sp³-hybridized carbons (Fsp3) is 0.385. The number of amides is 1. The number of hydrogen-bond donors (Lipinski definition) is 1. The highest BCUT2D eigenvalue weighted by molar-refractivity contribution is 6.29. The van der Waals surface area contributed by atoms with Crippen molar-refractivity contribution in [3.8, 4) is 0 Å². The average molecular weight is 294 g/mol. The summed E-state index contributed by atoms with van der Waals surface area (Å²) in [6, 6.07) is 3.26. The van der Waals surface area contributed by atoms with Gasteiger partial charge in [0.1, 0.15) is 11.5 Å². The van der Waals surface area contributed by atoms with Crippen LogP contribution in [0.1, 0.15) is 36.8 Å². The Morgan fingerprint density at radius 1 is 1.35 bits per heavy atom. The van der Waals surface area contributed by atoms with Crippen LogP contribution in [0, 0.1) is 0 Å². The van der Waals surface area contributed by atoms with Crippen LogP contribution in [-0.4, -0.2) is 25.7 Å². The molecule has 6 nitrogen and oxygen atoms in total. The Labute approximate surface area is 122 Å². The van der Waals surface area contributed by atoms with Crippen LogP contribution in [0.2, 0.25) is 5.15 Å². The highest BCUT2D eigenvalue weighted by atomic mass is 35.5. The fourth-order valence-electron chi connectivity index (χ4n) is 1.60. The number of aryl methyl sites for hydroxylation is 1. The predicted molar refractivity (Wildman–Crippen MR) is 76.9 cm³/mol. The molecular weight excluding hydrogens is 278 g/mol. The second-order valence-corrected chi connectivity index (χ2v) is 5.86. The predicted octanol–water partition coefficient (Wildman–Crippen LogP) is 2.41. The Balaban J connectivity index is 2.31. The van der Waals surface area contributed by atoms with Crippen molar-refractivity contribution >= 4 is 23.5 Å². The minimum Gasteiger partial charge on any atom is -0.291 e. The summed E-state index contributed by atoms with van der Waals surface area (Å²) in [4.78, 5) is 20.4. The molecule has 0 aromatic carbocycles. The summed E-state index contributed by atoms with van der Waals surface area (Å²) in [6.07, 6.45) is 1.37. The molecule has 0 spiro atoms. The molecule has 106 valence electrons. The molecule has 0 unspecified atom stereocenters. The van der Waals surface area contributed by atoms with Crippen molar-refractivity contribution in [2.45, 2.75) is 26.2 Å². The number of nitrogens with one attached hydrogen (secondary N) is 1. The first-order valence-corrected chi connectivity index (χ1v) is 6.48. The zero-order chi connectivity index (χ0) is 14.9. The first-order chi connectivity index (χ1) is 9.27. The Hall–Kier alpha value is -1.95. The largest absolute Gasteiger partial charge is 0.291 e. The molecule has 2 aromatic rings. The van der Waals surface area contributed by atoms with E-state index in [2.05, 4.69) is 20.4 Å². The summed E-state index contributed by atoms with van der Waals surface area (Å²) in [6.45, 7) is 6.03. The number of hydrogen-bond acceptors (Lipinski definition) is 4. The van der Waals surface area contributed by atoms with Crippen molar-refractivity contribution in [2.24, 2.45) is 7.05 Å². The van der Waals surface area contributed by atoms with Crippen LogP contribution in [0.15, 0.2) is 18.5 Å². The van der Waals surface area contributed by atoms with E-state index in [0.29, 0.717) is 16.7 Å². The molecule has 2 rings (SSSR count). The van der Waals surface area contributed by atoms with Crippen LogP contribution in [0.5, 0.6) is 0 Å². The number of halogens is 1. The van der Waals surface area contributed by atoms with E-state index in [4.69, 9.17) is 11.6 Å². The molecule has 0 radical (unpaired) electrons. The maximum absolute atomic E-state index is 12.2. The van der Waals surface area contributed by atoms with Crippen LogP contribution >= 0.6 is 11.6 Å². The molecule has 1 amide bonds. The molecule has 0 aliphatic heterocycles. The van der Waals surface area contributed by atoms with Gasteiger partial charge in [-0.2, -0.15) is 10.1 Å². The van der Waals surface area contributed by atoms with Gasteiger partial charge in [-0.3, -0.25) is 10.1 Å². The monoisotopic (exact) mass is 293 g/mol. The van der Waals surface area contributed by atoms with Gasteiger partial charge in [-0.05, 0) is 12.1 Å². The molecule has 0 aliphatic rings. The maximum Gasteiger partial charge on any atom is 0.258 e. The summed E-state index contributed by atoms with van der Waals surface area (Å²) < 4.78 is 1.48. The van der Waals surface area contributed by atoms with Crippen molar-refractivity contribution in [3.05, 3.63) is 34.9 Å². The maximum atomic E-state index is 12.2. The molecule has 0 fully saturated rings. The molecule has 20 heavy (non-hydrogen) atoms. The second-order valence-electron chi connectivity index (χ2n) is 5.48. The van der Waals surface area contributed by atoms with Crippen LogP contribution in [-0.2, 0) is 12.5 Å². The minimum absolute atomic E-state index is 0.190. The molecule has 2 heterocycles. The highest BCUT2D eigenvalue weighted by Gasteiger charge is 2.19. The first-order valence-electron chi connectivity index (χ1n) is 6.11. The molecule has 1 N–H and O–H groups in total. The van der Waals surface area contributed by atoms with Crippen molar-refractivity contribution in [1.82, 2.24) is 19.7 Å². The van der Waals surface area contributed by atoms with E-state index in [1.165, 1.54) is 17.1 Å². The van der Waals surface area contributed by atoms with E-state index in [-0.39, 0.29) is 11.3 Å². The Morgan fingerprint density at radius 3 is 2.60 bits per heavy atom. The third-order valence-electron chi connectivity index (χ3n) is 2.76. The summed E-state index contributed by atoms with van der Waals surface area (Å²) in [5.74, 6) is 0.0798. The van der Waals surface area contributed by atoms with Crippen LogP contribution in [0.4, 0.5) is 5.95 Å². The number of nitrogens with zero attached hydrogens (tertiary/aromatic N) is 4. The standard InChI is InChI=1S/C13H16ClN5O/c1-13(2,3)9-5-8(6-10(14)17-9)11(20)18-12-15-7-16-19(12)4/h5-7H,1-4H3,(H,15,16,18,20). The third-order valence-corrected chi connectivity index (χ3v) is 2.96. The number of carbonyl (C=O) groups is 1. The molecule has 7 heteroatoms. The number of pyridine rings is 1.